The van der Waals surface area contributed by atoms with Crippen LogP contribution in [0.3, 0.4) is 0 Å². The van der Waals surface area contributed by atoms with Gasteiger partial charge in [-0.15, -0.1) is 0 Å². The van der Waals surface area contributed by atoms with Gasteiger partial charge in [0.05, 0.1) is 10.6 Å². The largest absolute Gasteiger partial charge is 0.353 e. The maximum atomic E-state index is 14.0. The summed E-state index contributed by atoms with van der Waals surface area (Å²) in [7, 11) is 0. The maximum absolute atomic E-state index is 14.0. The number of nitrogens with one attached hydrogen (secondary N) is 1. The molecule has 1 N–H and O–H groups in total. The molecule has 0 aliphatic carbocycles. The highest BCUT2D eigenvalue weighted by molar-refractivity contribution is 9.10. The summed E-state index contributed by atoms with van der Waals surface area (Å²) < 4.78 is 14.5. The number of halogens is 2. The monoisotopic (exact) mass is 381 g/mol. The zero-order valence-corrected chi connectivity index (χ0v) is 13.6. The van der Waals surface area contributed by atoms with Crippen LogP contribution in [0.2, 0.25) is 0 Å². The first-order chi connectivity index (χ1) is 11.1. The second-order valence-electron chi connectivity index (χ2n) is 5.09. The third-order valence-electron chi connectivity index (χ3n) is 3.58. The Hall–Kier alpha value is -2.29. The van der Waals surface area contributed by atoms with Gasteiger partial charge in [0.25, 0.3) is 0 Å². The van der Waals surface area contributed by atoms with Crippen molar-refractivity contribution in [3.05, 3.63) is 44.9 Å². The lowest BCUT2D eigenvalue weighted by Gasteiger charge is -2.17. The molecule has 0 amide bonds. The Morgan fingerprint density at radius 1 is 1.30 bits per heavy atom. The lowest BCUT2D eigenvalue weighted by atomic mass is 10.3. The van der Waals surface area contributed by atoms with E-state index < -0.39 is 10.7 Å². The number of hydrogen-bond donors (Lipinski definition) is 1. The Balaban J connectivity index is 2.01. The lowest BCUT2D eigenvalue weighted by Crippen LogP contribution is -2.21. The van der Waals surface area contributed by atoms with E-state index in [1.165, 1.54) is 18.5 Å². The smallest absolute Gasteiger partial charge is 0.351 e. The summed E-state index contributed by atoms with van der Waals surface area (Å²) in [6.45, 7) is 1.42. The van der Waals surface area contributed by atoms with Crippen LogP contribution in [-0.2, 0) is 0 Å². The van der Waals surface area contributed by atoms with Crippen molar-refractivity contribution < 1.29 is 9.31 Å². The van der Waals surface area contributed by atoms with Gasteiger partial charge in [0.1, 0.15) is 12.1 Å². The number of nitrogens with zero attached hydrogens (tertiary/aromatic N) is 4. The second-order valence-corrected chi connectivity index (χ2v) is 6.01. The molecule has 9 heteroatoms. The van der Waals surface area contributed by atoms with E-state index >= 15 is 0 Å². The summed E-state index contributed by atoms with van der Waals surface area (Å²) in [5.41, 5.74) is -0.126. The van der Waals surface area contributed by atoms with Crippen molar-refractivity contribution in [2.24, 2.45) is 0 Å². The number of hydrogen-bond acceptors (Lipinski definition) is 6. The first kappa shape index (κ1) is 15.6. The first-order valence-electron chi connectivity index (χ1n) is 7.02. The van der Waals surface area contributed by atoms with Crippen LogP contribution in [-0.4, -0.2) is 28.0 Å². The van der Waals surface area contributed by atoms with E-state index in [4.69, 9.17) is 0 Å². The van der Waals surface area contributed by atoms with Crippen molar-refractivity contribution in [2.45, 2.75) is 12.8 Å². The fraction of sp³-hybridized carbons (Fsp3) is 0.286. The molecule has 1 aromatic heterocycles. The van der Waals surface area contributed by atoms with Crippen LogP contribution in [0.25, 0.3) is 0 Å². The van der Waals surface area contributed by atoms with Crippen LogP contribution < -0.4 is 10.2 Å². The molecule has 7 nitrogen and oxygen atoms in total. The summed E-state index contributed by atoms with van der Waals surface area (Å²) >= 11 is 3.17. The van der Waals surface area contributed by atoms with Gasteiger partial charge in [-0.2, -0.15) is 0 Å². The Bertz CT molecular complexity index is 752. The number of nitro groups is 1. The number of aromatic nitrogens is 2. The van der Waals surface area contributed by atoms with Gasteiger partial charge in [-0.25, -0.2) is 14.4 Å². The molecule has 1 saturated heterocycles. The first-order valence-corrected chi connectivity index (χ1v) is 7.82. The minimum absolute atomic E-state index is 0.0203. The standard InChI is InChI=1S/C14H13BrFN5O2/c15-9-3-4-11(10(16)7-9)19-13-12(21(22)23)14(18-8-17-13)20-5-1-2-6-20/h3-4,7-8H,1-2,5-6H2,(H,17,18,19). The van der Waals surface area contributed by atoms with E-state index in [0.29, 0.717) is 17.6 Å². The minimum Gasteiger partial charge on any atom is -0.351 e. The third kappa shape index (κ3) is 3.24. The van der Waals surface area contributed by atoms with Crippen molar-refractivity contribution >= 4 is 38.9 Å². The van der Waals surface area contributed by atoms with Gasteiger partial charge < -0.3 is 10.2 Å². The molecular weight excluding hydrogens is 369 g/mol. The Labute approximate surface area is 139 Å². The van der Waals surface area contributed by atoms with E-state index in [1.807, 2.05) is 4.90 Å². The molecule has 1 aliphatic heterocycles. The average molecular weight is 382 g/mol. The molecule has 2 aromatic rings. The second kappa shape index (κ2) is 6.45. The number of rotatable bonds is 4. The number of benzene rings is 1. The normalized spacial score (nSPS) is 14.1. The fourth-order valence-corrected chi connectivity index (χ4v) is 2.84. The highest BCUT2D eigenvalue weighted by Gasteiger charge is 2.28. The SMILES string of the molecule is O=[N+]([O-])c1c(Nc2ccc(Br)cc2F)ncnc1N1CCCC1. The van der Waals surface area contributed by atoms with Gasteiger partial charge in [-0.05, 0) is 31.0 Å². The molecule has 0 saturated carbocycles. The van der Waals surface area contributed by atoms with Crippen molar-refractivity contribution in [1.29, 1.82) is 0 Å². The number of anilines is 3. The molecule has 3 rings (SSSR count). The third-order valence-corrected chi connectivity index (χ3v) is 4.07. The summed E-state index contributed by atoms with van der Waals surface area (Å²) in [4.78, 5) is 20.8. The predicted molar refractivity (Wildman–Crippen MR) is 87.5 cm³/mol. The highest BCUT2D eigenvalue weighted by atomic mass is 79.9. The molecule has 0 unspecified atom stereocenters. The topological polar surface area (TPSA) is 84.2 Å². The van der Waals surface area contributed by atoms with Crippen molar-refractivity contribution in [1.82, 2.24) is 9.97 Å². The molecule has 120 valence electrons. The van der Waals surface area contributed by atoms with E-state index in [0.717, 1.165) is 12.8 Å². The summed E-state index contributed by atoms with van der Waals surface area (Å²) in [5, 5.41) is 14.2. The molecule has 0 bridgehead atoms. The van der Waals surface area contributed by atoms with Crippen LogP contribution in [0.4, 0.5) is 27.4 Å². The summed E-state index contributed by atoms with van der Waals surface area (Å²) in [6.07, 6.45) is 3.18. The van der Waals surface area contributed by atoms with Crippen molar-refractivity contribution in [2.75, 3.05) is 23.3 Å². The van der Waals surface area contributed by atoms with Crippen LogP contribution >= 0.6 is 15.9 Å². The quantitative estimate of drug-likeness (QED) is 0.642. The Morgan fingerprint density at radius 2 is 2.04 bits per heavy atom. The zero-order valence-electron chi connectivity index (χ0n) is 12.0. The van der Waals surface area contributed by atoms with E-state index in [1.54, 1.807) is 6.07 Å². The van der Waals surface area contributed by atoms with E-state index in [2.05, 4.69) is 31.2 Å². The Kier molecular flexibility index (Phi) is 4.37. The summed E-state index contributed by atoms with van der Waals surface area (Å²) in [5.74, 6) is -0.286. The molecule has 0 radical (unpaired) electrons. The molecule has 1 fully saturated rings. The average Bonchev–Trinajstić information content (AvgIpc) is 3.04. The van der Waals surface area contributed by atoms with Gasteiger partial charge in [0.15, 0.2) is 0 Å². The predicted octanol–water partition coefficient (Wildman–Crippen LogP) is 3.63. The molecule has 2 heterocycles. The van der Waals surface area contributed by atoms with Crippen LogP contribution in [0, 0.1) is 15.9 Å². The molecule has 1 aliphatic rings. The maximum Gasteiger partial charge on any atom is 0.353 e. The molecule has 23 heavy (non-hydrogen) atoms. The van der Waals surface area contributed by atoms with Crippen LogP contribution in [0.1, 0.15) is 12.8 Å². The van der Waals surface area contributed by atoms with Gasteiger partial charge >= 0.3 is 5.69 Å². The summed E-state index contributed by atoms with van der Waals surface area (Å²) in [6, 6.07) is 4.40. The highest BCUT2D eigenvalue weighted by Crippen LogP contribution is 2.35. The van der Waals surface area contributed by atoms with Crippen molar-refractivity contribution in [3.63, 3.8) is 0 Å². The zero-order chi connectivity index (χ0) is 16.4. The van der Waals surface area contributed by atoms with E-state index in [-0.39, 0.29) is 23.0 Å². The van der Waals surface area contributed by atoms with E-state index in [9.17, 15) is 14.5 Å². The van der Waals surface area contributed by atoms with Gasteiger partial charge in [-0.1, -0.05) is 15.9 Å². The lowest BCUT2D eigenvalue weighted by molar-refractivity contribution is -0.383. The Morgan fingerprint density at radius 3 is 2.70 bits per heavy atom. The fourth-order valence-electron chi connectivity index (χ4n) is 2.51. The molecule has 1 aromatic carbocycles. The molecule has 0 spiro atoms. The van der Waals surface area contributed by atoms with Crippen LogP contribution in [0.15, 0.2) is 29.0 Å². The van der Waals surface area contributed by atoms with Crippen LogP contribution in [0.5, 0.6) is 0 Å². The van der Waals surface area contributed by atoms with Gasteiger partial charge in [-0.3, -0.25) is 10.1 Å². The minimum atomic E-state index is -0.535. The molecular formula is C14H13BrFN5O2. The molecule has 0 atom stereocenters. The van der Waals surface area contributed by atoms with Gasteiger partial charge in [0.2, 0.25) is 11.6 Å². The van der Waals surface area contributed by atoms with Gasteiger partial charge in [0, 0.05) is 17.6 Å². The van der Waals surface area contributed by atoms with Crippen molar-refractivity contribution in [3.8, 4) is 0 Å².